The molecule has 1 atom stereocenters. The smallest absolute Gasteiger partial charge is 0.271 e. The lowest BCUT2D eigenvalue weighted by atomic mass is 10.2. The molecule has 0 aliphatic heterocycles. The van der Waals surface area contributed by atoms with Gasteiger partial charge in [-0.1, -0.05) is 23.5 Å². The maximum Gasteiger partial charge on any atom is 0.271 e. The molecular formula is C9H12N4O2S. The molecule has 0 radical (unpaired) electrons. The van der Waals surface area contributed by atoms with Crippen LogP contribution in [0.25, 0.3) is 10.8 Å². The van der Waals surface area contributed by atoms with Crippen molar-refractivity contribution in [1.82, 2.24) is 19.7 Å². The van der Waals surface area contributed by atoms with Gasteiger partial charge in [0.1, 0.15) is 11.0 Å². The molecule has 0 bridgehead atoms. The maximum absolute atomic E-state index is 9.55. The van der Waals surface area contributed by atoms with Crippen LogP contribution in [0.15, 0.2) is 4.52 Å². The minimum Gasteiger partial charge on any atom is -0.385 e. The molecule has 2 heterocycles. The Labute approximate surface area is 96.5 Å². The second kappa shape index (κ2) is 4.67. The van der Waals surface area contributed by atoms with Gasteiger partial charge in [0.25, 0.3) is 5.89 Å². The molecule has 86 valence electrons. The first kappa shape index (κ1) is 11.2. The number of aromatic nitrogens is 4. The van der Waals surface area contributed by atoms with E-state index in [1.807, 2.05) is 13.8 Å². The monoisotopic (exact) mass is 240 g/mol. The van der Waals surface area contributed by atoms with Gasteiger partial charge in [0.05, 0.1) is 5.69 Å². The molecule has 2 rings (SSSR count). The van der Waals surface area contributed by atoms with Gasteiger partial charge in [-0.3, -0.25) is 0 Å². The van der Waals surface area contributed by atoms with Gasteiger partial charge in [-0.15, -0.1) is 5.10 Å². The lowest BCUT2D eigenvalue weighted by Crippen LogP contribution is -1.97. The Morgan fingerprint density at radius 2 is 2.25 bits per heavy atom. The zero-order valence-corrected chi connectivity index (χ0v) is 9.86. The molecular weight excluding hydrogens is 228 g/mol. The van der Waals surface area contributed by atoms with E-state index in [1.54, 1.807) is 0 Å². The summed E-state index contributed by atoms with van der Waals surface area (Å²) in [5.41, 5.74) is 0.839. The Bertz CT molecular complexity index is 468. The first-order valence-corrected chi connectivity index (χ1v) is 5.86. The second-order valence-electron chi connectivity index (χ2n) is 3.28. The molecule has 1 unspecified atom stereocenters. The Balaban J connectivity index is 2.31. The Hall–Kier alpha value is -1.34. The minimum absolute atomic E-state index is 0.313. The minimum atomic E-state index is -0.677. The van der Waals surface area contributed by atoms with E-state index in [0.29, 0.717) is 18.1 Å². The highest BCUT2D eigenvalue weighted by molar-refractivity contribution is 7.09. The summed E-state index contributed by atoms with van der Waals surface area (Å²) < 4.78 is 8.93. The predicted molar refractivity (Wildman–Crippen MR) is 57.8 cm³/mol. The standard InChI is InChI=1S/C9H12N4O2S/c1-3-5-7(16-13-11-5)9-10-8(12-15-9)6(14)4-2/h6,14H,3-4H2,1-2H3. The third-order valence-corrected chi connectivity index (χ3v) is 2.97. The summed E-state index contributed by atoms with van der Waals surface area (Å²) in [6.45, 7) is 3.84. The van der Waals surface area contributed by atoms with Crippen molar-refractivity contribution in [2.75, 3.05) is 0 Å². The van der Waals surface area contributed by atoms with Crippen LogP contribution >= 0.6 is 11.5 Å². The Kier molecular flexibility index (Phi) is 3.25. The highest BCUT2D eigenvalue weighted by Gasteiger charge is 2.18. The lowest BCUT2D eigenvalue weighted by molar-refractivity contribution is 0.159. The highest BCUT2D eigenvalue weighted by Crippen LogP contribution is 2.26. The summed E-state index contributed by atoms with van der Waals surface area (Å²) >= 11 is 1.22. The van der Waals surface area contributed by atoms with Crippen molar-refractivity contribution in [3.8, 4) is 10.8 Å². The summed E-state index contributed by atoms with van der Waals surface area (Å²) in [5.74, 6) is 0.697. The fourth-order valence-corrected chi connectivity index (χ4v) is 1.92. The fourth-order valence-electron chi connectivity index (χ4n) is 1.25. The van der Waals surface area contributed by atoms with Crippen LogP contribution in [0, 0.1) is 0 Å². The van der Waals surface area contributed by atoms with Crippen molar-refractivity contribution in [1.29, 1.82) is 0 Å². The summed E-state index contributed by atoms with van der Waals surface area (Å²) in [6.07, 6.45) is 0.643. The van der Waals surface area contributed by atoms with E-state index in [-0.39, 0.29) is 0 Å². The van der Waals surface area contributed by atoms with E-state index in [4.69, 9.17) is 4.52 Å². The van der Waals surface area contributed by atoms with Gasteiger partial charge < -0.3 is 9.63 Å². The van der Waals surface area contributed by atoms with Crippen LogP contribution in [-0.2, 0) is 6.42 Å². The van der Waals surface area contributed by atoms with Crippen molar-refractivity contribution in [2.45, 2.75) is 32.8 Å². The molecule has 6 nitrogen and oxygen atoms in total. The first-order valence-electron chi connectivity index (χ1n) is 5.09. The predicted octanol–water partition coefficient (Wildman–Crippen LogP) is 1.59. The van der Waals surface area contributed by atoms with Gasteiger partial charge in [0.15, 0.2) is 0 Å². The van der Waals surface area contributed by atoms with Crippen LogP contribution in [0.4, 0.5) is 0 Å². The average Bonchev–Trinajstić information content (AvgIpc) is 2.95. The molecule has 1 N–H and O–H groups in total. The largest absolute Gasteiger partial charge is 0.385 e. The number of nitrogens with zero attached hydrogens (tertiary/aromatic N) is 4. The molecule has 2 aromatic heterocycles. The van der Waals surface area contributed by atoms with Gasteiger partial charge >= 0.3 is 0 Å². The summed E-state index contributed by atoms with van der Waals surface area (Å²) in [6, 6.07) is 0. The zero-order chi connectivity index (χ0) is 11.5. The molecule has 16 heavy (non-hydrogen) atoms. The van der Waals surface area contributed by atoms with Crippen LogP contribution in [0.2, 0.25) is 0 Å². The van der Waals surface area contributed by atoms with Crippen LogP contribution in [0.3, 0.4) is 0 Å². The topological polar surface area (TPSA) is 84.9 Å². The summed E-state index contributed by atoms with van der Waals surface area (Å²) in [4.78, 5) is 4.92. The molecule has 0 aliphatic rings. The molecule has 7 heteroatoms. The van der Waals surface area contributed by atoms with Crippen LogP contribution < -0.4 is 0 Å². The number of aryl methyl sites for hydroxylation is 1. The maximum atomic E-state index is 9.55. The molecule has 0 saturated carbocycles. The number of hydrogen-bond acceptors (Lipinski definition) is 7. The average molecular weight is 240 g/mol. The van der Waals surface area contributed by atoms with E-state index < -0.39 is 6.10 Å². The second-order valence-corrected chi connectivity index (χ2v) is 4.04. The van der Waals surface area contributed by atoms with Gasteiger partial charge in [0.2, 0.25) is 5.82 Å². The SMILES string of the molecule is CCc1nnsc1-c1nc(C(O)CC)no1. The zero-order valence-electron chi connectivity index (χ0n) is 9.04. The summed E-state index contributed by atoms with van der Waals surface area (Å²) in [7, 11) is 0. The first-order chi connectivity index (χ1) is 7.76. The third kappa shape index (κ3) is 1.96. The molecule has 0 spiro atoms. The quantitative estimate of drug-likeness (QED) is 0.873. The van der Waals surface area contributed by atoms with Crippen LogP contribution in [-0.4, -0.2) is 24.8 Å². The summed E-state index contributed by atoms with van der Waals surface area (Å²) in [5, 5.41) is 17.3. The van der Waals surface area contributed by atoms with Crippen molar-refractivity contribution in [3.63, 3.8) is 0 Å². The molecule has 0 saturated heterocycles. The number of aliphatic hydroxyl groups excluding tert-OH is 1. The fraction of sp³-hybridized carbons (Fsp3) is 0.556. The van der Waals surface area contributed by atoms with E-state index in [0.717, 1.165) is 17.0 Å². The molecule has 0 aromatic carbocycles. The number of hydrogen-bond donors (Lipinski definition) is 1. The van der Waals surface area contributed by atoms with E-state index in [1.165, 1.54) is 11.5 Å². The van der Waals surface area contributed by atoms with Crippen molar-refractivity contribution >= 4 is 11.5 Å². The number of rotatable bonds is 4. The van der Waals surface area contributed by atoms with Gasteiger partial charge in [-0.2, -0.15) is 4.98 Å². The highest BCUT2D eigenvalue weighted by atomic mass is 32.1. The molecule has 2 aromatic rings. The normalized spacial score (nSPS) is 12.9. The van der Waals surface area contributed by atoms with E-state index in [2.05, 4.69) is 19.7 Å². The van der Waals surface area contributed by atoms with Crippen molar-refractivity contribution in [2.24, 2.45) is 0 Å². The van der Waals surface area contributed by atoms with Crippen LogP contribution in [0.1, 0.15) is 37.9 Å². The lowest BCUT2D eigenvalue weighted by Gasteiger charge is -1.97. The van der Waals surface area contributed by atoms with Gasteiger partial charge in [0, 0.05) is 0 Å². The molecule has 0 amide bonds. The van der Waals surface area contributed by atoms with Gasteiger partial charge in [-0.25, -0.2) is 0 Å². The van der Waals surface area contributed by atoms with Crippen LogP contribution in [0.5, 0.6) is 0 Å². The Morgan fingerprint density at radius 1 is 1.44 bits per heavy atom. The van der Waals surface area contributed by atoms with E-state index in [9.17, 15) is 5.11 Å². The molecule has 0 fully saturated rings. The van der Waals surface area contributed by atoms with Crippen molar-refractivity contribution < 1.29 is 9.63 Å². The van der Waals surface area contributed by atoms with Gasteiger partial charge in [-0.05, 0) is 24.4 Å². The van der Waals surface area contributed by atoms with E-state index >= 15 is 0 Å². The Morgan fingerprint density at radius 3 is 2.94 bits per heavy atom. The number of aliphatic hydroxyl groups is 1. The molecule has 0 aliphatic carbocycles. The third-order valence-electron chi connectivity index (χ3n) is 2.21. The van der Waals surface area contributed by atoms with Crippen molar-refractivity contribution in [3.05, 3.63) is 11.5 Å².